The van der Waals surface area contributed by atoms with Crippen molar-refractivity contribution in [3.8, 4) is 0 Å². The Bertz CT molecular complexity index is 335. The molecule has 1 aromatic rings. The molecule has 0 radical (unpaired) electrons. The Kier molecular flexibility index (Phi) is 3.07. The van der Waals surface area contributed by atoms with Crippen LogP contribution in [0.1, 0.15) is 17.2 Å². The molecular weight excluding hydrogens is 217 g/mol. The van der Waals surface area contributed by atoms with E-state index in [4.69, 9.17) is 16.7 Å². The summed E-state index contributed by atoms with van der Waals surface area (Å²) < 4.78 is 36.4. The van der Waals surface area contributed by atoms with Crippen molar-refractivity contribution in [3.05, 3.63) is 34.3 Å². The van der Waals surface area contributed by atoms with E-state index in [9.17, 15) is 13.2 Å². The Morgan fingerprint density at radius 1 is 1.36 bits per heavy atom. The summed E-state index contributed by atoms with van der Waals surface area (Å²) in [5, 5.41) is 8.87. The molecule has 0 aliphatic carbocycles. The lowest BCUT2D eigenvalue weighted by Gasteiger charge is -2.16. The molecule has 0 amide bonds. The fourth-order valence-electron chi connectivity index (χ4n) is 1.05. The summed E-state index contributed by atoms with van der Waals surface area (Å²) in [6, 6.07) is 4.14. The summed E-state index contributed by atoms with van der Waals surface area (Å²) in [7, 11) is 0. The molecule has 0 fully saturated rings. The molecule has 1 N–H and O–H groups in total. The standard InChI is InChI=1S/C9H8ClF3O/c1-5-2-3-7(10)6(4-5)8(14)9(11,12)13/h2-4,8,14H,1H3/t8-/m1/s1. The van der Waals surface area contributed by atoms with Gasteiger partial charge in [-0.15, -0.1) is 0 Å². The van der Waals surface area contributed by atoms with E-state index in [1.165, 1.54) is 12.1 Å². The Hall–Kier alpha value is -0.740. The molecule has 0 heterocycles. The van der Waals surface area contributed by atoms with Crippen molar-refractivity contribution < 1.29 is 18.3 Å². The van der Waals surface area contributed by atoms with E-state index in [2.05, 4.69) is 0 Å². The first-order valence-electron chi connectivity index (χ1n) is 3.83. The molecular formula is C9H8ClF3O. The predicted molar refractivity (Wildman–Crippen MR) is 47.2 cm³/mol. The van der Waals surface area contributed by atoms with Crippen LogP contribution in [-0.4, -0.2) is 11.3 Å². The number of aliphatic hydroxyl groups is 1. The largest absolute Gasteiger partial charge is 0.418 e. The Balaban J connectivity index is 3.12. The van der Waals surface area contributed by atoms with Crippen molar-refractivity contribution in [2.45, 2.75) is 19.2 Å². The van der Waals surface area contributed by atoms with E-state index in [0.717, 1.165) is 0 Å². The number of benzene rings is 1. The summed E-state index contributed by atoms with van der Waals surface area (Å²) in [6.45, 7) is 1.63. The van der Waals surface area contributed by atoms with Gasteiger partial charge in [-0.3, -0.25) is 0 Å². The Morgan fingerprint density at radius 2 is 1.93 bits per heavy atom. The topological polar surface area (TPSA) is 20.2 Å². The molecule has 5 heteroatoms. The van der Waals surface area contributed by atoms with Gasteiger partial charge in [0.05, 0.1) is 0 Å². The maximum Gasteiger partial charge on any atom is 0.418 e. The number of halogens is 4. The number of hydrogen-bond acceptors (Lipinski definition) is 1. The number of aliphatic hydroxyl groups excluding tert-OH is 1. The van der Waals surface area contributed by atoms with E-state index in [0.29, 0.717) is 5.56 Å². The minimum Gasteiger partial charge on any atom is -0.379 e. The van der Waals surface area contributed by atoms with E-state index in [1.54, 1.807) is 13.0 Å². The fraction of sp³-hybridized carbons (Fsp3) is 0.333. The molecule has 0 spiro atoms. The zero-order valence-corrected chi connectivity index (χ0v) is 8.02. The maximum absolute atomic E-state index is 12.1. The van der Waals surface area contributed by atoms with Gasteiger partial charge >= 0.3 is 6.18 Å². The van der Waals surface area contributed by atoms with Gasteiger partial charge < -0.3 is 5.11 Å². The first kappa shape index (κ1) is 11.3. The lowest BCUT2D eigenvalue weighted by molar-refractivity contribution is -0.206. The molecule has 1 aromatic carbocycles. The normalized spacial score (nSPS) is 14.1. The average Bonchev–Trinajstić information content (AvgIpc) is 2.06. The molecule has 1 rings (SSSR count). The van der Waals surface area contributed by atoms with Crippen molar-refractivity contribution in [1.82, 2.24) is 0 Å². The van der Waals surface area contributed by atoms with E-state index >= 15 is 0 Å². The van der Waals surface area contributed by atoms with Crippen molar-refractivity contribution >= 4 is 11.6 Å². The molecule has 1 nitrogen and oxygen atoms in total. The summed E-state index contributed by atoms with van der Waals surface area (Å²) in [5.41, 5.74) is 0.312. The number of aryl methyl sites for hydroxylation is 1. The van der Waals surface area contributed by atoms with Crippen LogP contribution in [0.4, 0.5) is 13.2 Å². The van der Waals surface area contributed by atoms with Crippen molar-refractivity contribution in [2.75, 3.05) is 0 Å². The quantitative estimate of drug-likeness (QED) is 0.777. The highest BCUT2D eigenvalue weighted by Gasteiger charge is 2.40. The lowest BCUT2D eigenvalue weighted by Crippen LogP contribution is -2.20. The van der Waals surface area contributed by atoms with Crippen LogP contribution in [0.2, 0.25) is 5.02 Å². The van der Waals surface area contributed by atoms with Gasteiger partial charge in [0, 0.05) is 10.6 Å². The molecule has 0 aliphatic heterocycles. The first-order valence-corrected chi connectivity index (χ1v) is 4.21. The summed E-state index contributed by atoms with van der Waals surface area (Å²) in [6.07, 6.45) is -7.20. The molecule has 1 atom stereocenters. The first-order chi connectivity index (χ1) is 6.32. The maximum atomic E-state index is 12.1. The second-order valence-corrected chi connectivity index (χ2v) is 3.38. The third-order valence-electron chi connectivity index (χ3n) is 1.76. The highest BCUT2D eigenvalue weighted by atomic mass is 35.5. The third-order valence-corrected chi connectivity index (χ3v) is 2.10. The van der Waals surface area contributed by atoms with E-state index in [1.807, 2.05) is 0 Å². The van der Waals surface area contributed by atoms with Gasteiger partial charge in [-0.25, -0.2) is 0 Å². The Morgan fingerprint density at radius 3 is 2.43 bits per heavy atom. The molecule has 0 saturated heterocycles. The van der Waals surface area contributed by atoms with Gasteiger partial charge in [0.25, 0.3) is 0 Å². The second kappa shape index (κ2) is 3.79. The number of rotatable bonds is 1. The van der Waals surface area contributed by atoms with Crippen LogP contribution in [0.3, 0.4) is 0 Å². The van der Waals surface area contributed by atoms with Crippen LogP contribution >= 0.6 is 11.6 Å². The van der Waals surface area contributed by atoms with Crippen LogP contribution in [0.5, 0.6) is 0 Å². The molecule has 0 aliphatic rings. The second-order valence-electron chi connectivity index (χ2n) is 2.97. The summed E-state index contributed by atoms with van der Waals surface area (Å²) >= 11 is 5.54. The van der Waals surface area contributed by atoms with Gasteiger partial charge in [0.1, 0.15) is 0 Å². The van der Waals surface area contributed by atoms with Crippen molar-refractivity contribution in [1.29, 1.82) is 0 Å². The van der Waals surface area contributed by atoms with Gasteiger partial charge in [-0.05, 0) is 13.0 Å². The SMILES string of the molecule is Cc1ccc(Cl)c([C@@H](O)C(F)(F)F)c1. The molecule has 14 heavy (non-hydrogen) atoms. The number of hydrogen-bond donors (Lipinski definition) is 1. The summed E-state index contributed by atoms with van der Waals surface area (Å²) in [5.74, 6) is 0. The fourth-order valence-corrected chi connectivity index (χ4v) is 1.27. The molecule has 78 valence electrons. The highest BCUT2D eigenvalue weighted by Crippen LogP contribution is 2.36. The predicted octanol–water partition coefficient (Wildman–Crippen LogP) is 3.24. The molecule has 0 bridgehead atoms. The van der Waals surface area contributed by atoms with Crippen LogP contribution in [-0.2, 0) is 0 Å². The molecule has 0 aromatic heterocycles. The van der Waals surface area contributed by atoms with Gasteiger partial charge in [-0.2, -0.15) is 13.2 Å². The lowest BCUT2D eigenvalue weighted by atomic mass is 10.1. The minimum absolute atomic E-state index is 0.0829. The smallest absolute Gasteiger partial charge is 0.379 e. The Labute approximate surface area is 84.1 Å². The number of alkyl halides is 3. The van der Waals surface area contributed by atoms with E-state index < -0.39 is 12.3 Å². The summed E-state index contributed by atoms with van der Waals surface area (Å²) in [4.78, 5) is 0. The van der Waals surface area contributed by atoms with E-state index in [-0.39, 0.29) is 10.6 Å². The molecule has 0 unspecified atom stereocenters. The van der Waals surface area contributed by atoms with Gasteiger partial charge in [-0.1, -0.05) is 29.3 Å². The molecule has 0 saturated carbocycles. The van der Waals surface area contributed by atoms with Gasteiger partial charge in [0.15, 0.2) is 6.10 Å². The van der Waals surface area contributed by atoms with Crippen LogP contribution in [0.15, 0.2) is 18.2 Å². The van der Waals surface area contributed by atoms with Crippen LogP contribution in [0, 0.1) is 6.92 Å². The van der Waals surface area contributed by atoms with Crippen LogP contribution in [0.25, 0.3) is 0 Å². The highest BCUT2D eigenvalue weighted by molar-refractivity contribution is 6.31. The van der Waals surface area contributed by atoms with Crippen molar-refractivity contribution in [3.63, 3.8) is 0 Å². The van der Waals surface area contributed by atoms with Crippen LogP contribution < -0.4 is 0 Å². The van der Waals surface area contributed by atoms with Crippen molar-refractivity contribution in [2.24, 2.45) is 0 Å². The zero-order valence-electron chi connectivity index (χ0n) is 7.27. The monoisotopic (exact) mass is 224 g/mol. The third kappa shape index (κ3) is 2.39. The average molecular weight is 225 g/mol. The van der Waals surface area contributed by atoms with Gasteiger partial charge in [0.2, 0.25) is 0 Å². The zero-order chi connectivity index (χ0) is 10.9. The minimum atomic E-state index is -4.68.